The zero-order valence-corrected chi connectivity index (χ0v) is 46.2. The second kappa shape index (κ2) is 17.3. The van der Waals surface area contributed by atoms with Crippen LogP contribution in [-0.2, 0) is 0 Å². The first-order valence-corrected chi connectivity index (χ1v) is 25.5. The second-order valence-corrected chi connectivity index (χ2v) is 21.5. The molecule has 3 heterocycles. The Labute approximate surface area is 438 Å². The van der Waals surface area contributed by atoms with Gasteiger partial charge in [-0.3, -0.25) is 0 Å². The highest BCUT2D eigenvalue weighted by Gasteiger charge is 2.27. The highest BCUT2D eigenvalue weighted by atomic mass is 16.3. The summed E-state index contributed by atoms with van der Waals surface area (Å²) in [6, 6.07) is 16.1. The second-order valence-electron chi connectivity index (χ2n) is 21.5. The van der Waals surface area contributed by atoms with Crippen molar-refractivity contribution in [3.05, 3.63) is 42.5 Å². The van der Waals surface area contributed by atoms with E-state index in [9.17, 15) is 0 Å². The molecule has 7 aromatic carbocycles. The van der Waals surface area contributed by atoms with Crippen molar-refractivity contribution in [3.63, 3.8) is 0 Å². The minimum Gasteiger partial charge on any atom is -0.455 e. The molecule has 10 rings (SSSR count). The molecular weight excluding hydrogens is 840 g/mol. The van der Waals surface area contributed by atoms with Gasteiger partial charge in [0.05, 0.1) is 0 Å². The average Bonchev–Trinajstić information content (AvgIpc) is 3.91. The number of nitrogens with zero attached hydrogens (tertiary/aromatic N) is 4. The molecule has 0 saturated carbocycles. The molecule has 0 atom stereocenters. The summed E-state index contributed by atoms with van der Waals surface area (Å²) in [5, 5.41) is 4.83. The molecule has 71 heavy (non-hydrogen) atoms. The average molecular weight is 889 g/mol. The van der Waals surface area contributed by atoms with Gasteiger partial charge in [-0.25, -0.2) is 15.0 Å². The van der Waals surface area contributed by atoms with Gasteiger partial charge in [-0.2, -0.15) is 0 Å². The predicted octanol–water partition coefficient (Wildman–Crippen LogP) is -25.0. The van der Waals surface area contributed by atoms with Gasteiger partial charge in [0.2, 0.25) is 0 Å². The number of aromatic nitrogens is 4. The van der Waals surface area contributed by atoms with Crippen LogP contribution >= 0.6 is 0 Å². The Hall–Kier alpha value is -5.49. The monoisotopic (exact) mass is 893 g/mol. The third kappa shape index (κ3) is 7.17. The number of hydrogen-bond acceptors (Lipinski definition) is 4. The Morgan fingerprint density at radius 2 is 0.718 bits per heavy atom. The van der Waals surface area contributed by atoms with Crippen molar-refractivity contribution in [2.75, 3.05) is 0 Å². The smallest absolute Gasteiger partial charge is 0.164 e. The maximum atomic E-state index is 7.30. The molecule has 3 aromatic heterocycles. The summed E-state index contributed by atoms with van der Waals surface area (Å²) in [7, 11) is 47.2. The zero-order valence-electron chi connectivity index (χ0n) is 46.2. The molecule has 0 unspecified atom stereocenters. The first-order chi connectivity index (χ1) is 33.5. The lowest BCUT2D eigenvalue weighted by molar-refractivity contribution is 0.670. The van der Waals surface area contributed by atoms with Crippen LogP contribution in [0, 0.1) is 0 Å². The van der Waals surface area contributed by atoms with Crippen LogP contribution in [-0.4, -0.2) is 184 Å². The summed E-state index contributed by atoms with van der Waals surface area (Å²) in [5.41, 5.74) is 37.6. The van der Waals surface area contributed by atoms with Crippen molar-refractivity contribution in [3.8, 4) is 51.0 Å². The number of rotatable bonds is 5. The van der Waals surface area contributed by atoms with E-state index in [1.165, 1.54) is 142 Å². The van der Waals surface area contributed by atoms with Crippen molar-refractivity contribution >= 4 is 323 Å². The molecule has 0 saturated heterocycles. The summed E-state index contributed by atoms with van der Waals surface area (Å²) in [6.45, 7) is 0. The van der Waals surface area contributed by atoms with Gasteiger partial charge in [-0.1, -0.05) is 83.8 Å². The summed E-state index contributed by atoms with van der Waals surface area (Å²) in [4.78, 5) is 16.2. The SMILES string of the molecule is Bc1cc(B)c2c(c1B)c1c(B)c(B)cc(B)c1n2-c1cc(-c2c(B)c(B)c(B)c(B)c2B)c2oc3cc(-c4nc(-c5c(B)c(B)c(B)c(B)c5B)nc(-c5c(B)c(B)c(B)c(B)c5B)n4)ccc3c2c1. The Balaban J connectivity index is 1.31. The van der Waals surface area contributed by atoms with E-state index in [2.05, 4.69) is 212 Å². The maximum Gasteiger partial charge on any atom is 0.164 e. The van der Waals surface area contributed by atoms with E-state index in [0.29, 0.717) is 17.5 Å². The van der Waals surface area contributed by atoms with Gasteiger partial charge in [0.25, 0.3) is 0 Å². The van der Waals surface area contributed by atoms with Gasteiger partial charge in [-0.05, 0) is 40.6 Å². The minimum atomic E-state index is 0.627. The van der Waals surface area contributed by atoms with Crippen molar-refractivity contribution in [2.45, 2.75) is 0 Å². The van der Waals surface area contributed by atoms with E-state index in [4.69, 9.17) is 19.4 Å². The Morgan fingerprint density at radius 3 is 1.14 bits per heavy atom. The standard InChI is InChI=1S/C45H49B21N4O/c46-13-6-15(48)40-19(23(13)50)20-24(51)14(47)7-16(49)41(20)70(40)9-4-11-10-2-1-8(3-17(10)71-42(11)12(5-9)18-25(52)31(58)37(64)32(59)26(18)53)43-67-44(21-27(54)33(60)38(65)34(61)28(21)55)69-45(68-43)22-29(56)35(62)39(66)36(63)30(22)57/h1-7H,46-66H2. The molecular formula is C45H49B21N4O. The Kier molecular flexibility index (Phi) is 12.0. The molecule has 0 aliphatic rings. The third-order valence-electron chi connectivity index (χ3n) is 18.1. The predicted molar refractivity (Wildman–Crippen MR) is 375 cm³/mol. The van der Waals surface area contributed by atoms with Crippen LogP contribution in [0.5, 0.6) is 0 Å². The summed E-state index contributed by atoms with van der Waals surface area (Å²) >= 11 is 0. The molecule has 26 heteroatoms. The van der Waals surface area contributed by atoms with E-state index < -0.39 is 0 Å². The third-order valence-corrected chi connectivity index (χ3v) is 18.1. The van der Waals surface area contributed by atoms with Gasteiger partial charge < -0.3 is 8.98 Å². The van der Waals surface area contributed by atoms with Gasteiger partial charge in [0.1, 0.15) is 176 Å². The van der Waals surface area contributed by atoms with Gasteiger partial charge >= 0.3 is 0 Å². The molecule has 5 nitrogen and oxygen atoms in total. The lowest BCUT2D eigenvalue weighted by Gasteiger charge is -2.22. The molecule has 318 valence electrons. The number of hydrogen-bond donors (Lipinski definition) is 0. The number of fused-ring (bicyclic) bond motifs is 6. The molecule has 0 aliphatic carbocycles. The fraction of sp³-hybridized carbons (Fsp3) is 0. The molecule has 0 radical (unpaired) electrons. The van der Waals surface area contributed by atoms with Crippen LogP contribution < -0.4 is 115 Å². The fourth-order valence-electron chi connectivity index (χ4n) is 12.3. The molecule has 10 aromatic rings. The number of benzene rings is 7. The fourth-order valence-corrected chi connectivity index (χ4v) is 12.3. The Morgan fingerprint density at radius 1 is 0.338 bits per heavy atom. The van der Waals surface area contributed by atoms with Crippen molar-refractivity contribution in [2.24, 2.45) is 0 Å². The van der Waals surface area contributed by atoms with E-state index in [0.717, 1.165) is 49.9 Å². The van der Waals surface area contributed by atoms with Crippen molar-refractivity contribution in [1.82, 2.24) is 19.5 Å². The lowest BCUT2D eigenvalue weighted by atomic mass is 9.59. The van der Waals surface area contributed by atoms with E-state index in [1.54, 1.807) is 0 Å². The molecule has 0 aliphatic heterocycles. The highest BCUT2D eigenvalue weighted by molar-refractivity contribution is 6.71. The van der Waals surface area contributed by atoms with Gasteiger partial charge in [-0.15, -0.1) is 49.2 Å². The van der Waals surface area contributed by atoms with E-state index in [-0.39, 0.29) is 0 Å². The topological polar surface area (TPSA) is 56.7 Å². The van der Waals surface area contributed by atoms with Gasteiger partial charge in [0, 0.05) is 49.7 Å². The molecule has 0 spiro atoms. The normalized spacial score (nSPS) is 11.7. The van der Waals surface area contributed by atoms with E-state index >= 15 is 0 Å². The van der Waals surface area contributed by atoms with Crippen LogP contribution in [0.4, 0.5) is 0 Å². The first kappa shape index (κ1) is 49.1. The lowest BCUT2D eigenvalue weighted by Crippen LogP contribution is -2.55. The highest BCUT2D eigenvalue weighted by Crippen LogP contribution is 2.40. The van der Waals surface area contributed by atoms with Crippen LogP contribution in [0.2, 0.25) is 0 Å². The van der Waals surface area contributed by atoms with Crippen LogP contribution in [0.3, 0.4) is 0 Å². The zero-order chi connectivity index (χ0) is 51.3. The van der Waals surface area contributed by atoms with Gasteiger partial charge in [0.15, 0.2) is 17.5 Å². The minimum absolute atomic E-state index is 0.627. The largest absolute Gasteiger partial charge is 0.455 e. The summed E-state index contributed by atoms with van der Waals surface area (Å²) in [6.07, 6.45) is 0. The Bertz CT molecular complexity index is 3850. The van der Waals surface area contributed by atoms with Crippen molar-refractivity contribution in [1.29, 1.82) is 0 Å². The molecule has 0 N–H and O–H groups in total. The van der Waals surface area contributed by atoms with Crippen LogP contribution in [0.15, 0.2) is 46.9 Å². The van der Waals surface area contributed by atoms with E-state index in [1.807, 2.05) is 0 Å². The molecule has 0 fully saturated rings. The summed E-state index contributed by atoms with van der Waals surface area (Å²) < 4.78 is 9.86. The molecule has 0 amide bonds. The van der Waals surface area contributed by atoms with Crippen molar-refractivity contribution < 1.29 is 4.42 Å². The quantitative estimate of drug-likeness (QED) is 0.162. The van der Waals surface area contributed by atoms with Crippen LogP contribution in [0.1, 0.15) is 0 Å². The van der Waals surface area contributed by atoms with Crippen LogP contribution in [0.25, 0.3) is 94.7 Å². The summed E-state index contributed by atoms with van der Waals surface area (Å²) in [5.74, 6) is 2.02. The first-order valence-electron chi connectivity index (χ1n) is 25.5. The number of furan rings is 1. The maximum absolute atomic E-state index is 7.30. The molecule has 0 bridgehead atoms.